The molecule has 3 heteroatoms. The predicted molar refractivity (Wildman–Crippen MR) is 50.9 cm³/mol. The van der Waals surface area contributed by atoms with Crippen molar-refractivity contribution in [1.29, 1.82) is 0 Å². The first-order valence-corrected chi connectivity index (χ1v) is 4.63. The Balaban J connectivity index is 2.37. The molecule has 14 heavy (non-hydrogen) atoms. The molecule has 0 radical (unpaired) electrons. The summed E-state index contributed by atoms with van der Waals surface area (Å²) in [5.41, 5.74) is 0.928. The quantitative estimate of drug-likeness (QED) is 0.758. The van der Waals surface area contributed by atoms with Crippen LogP contribution in [0.1, 0.15) is 24.0 Å². The van der Waals surface area contributed by atoms with Crippen LogP contribution in [0.3, 0.4) is 0 Å². The van der Waals surface area contributed by atoms with Crippen molar-refractivity contribution < 1.29 is 15.0 Å². The van der Waals surface area contributed by atoms with Crippen molar-refractivity contribution in [3.05, 3.63) is 35.4 Å². The molecule has 0 spiro atoms. The van der Waals surface area contributed by atoms with E-state index in [1.807, 2.05) is 6.07 Å². The Morgan fingerprint density at radius 1 is 1.43 bits per heavy atom. The van der Waals surface area contributed by atoms with E-state index >= 15 is 0 Å². The summed E-state index contributed by atoms with van der Waals surface area (Å²) in [5, 5.41) is 18.0. The first-order chi connectivity index (χ1) is 6.69. The molecule has 1 saturated carbocycles. The normalized spacial score (nSPS) is 17.8. The van der Waals surface area contributed by atoms with Gasteiger partial charge in [-0.1, -0.05) is 24.3 Å². The maximum Gasteiger partial charge on any atom is 0.314 e. The summed E-state index contributed by atoms with van der Waals surface area (Å²) >= 11 is 0. The van der Waals surface area contributed by atoms with Crippen molar-refractivity contribution in [2.24, 2.45) is 0 Å². The molecule has 0 aromatic heterocycles. The van der Waals surface area contributed by atoms with Crippen LogP contribution in [0.5, 0.6) is 0 Å². The Hall–Kier alpha value is -1.35. The zero-order chi connectivity index (χ0) is 10.2. The van der Waals surface area contributed by atoms with Crippen molar-refractivity contribution in [3.8, 4) is 0 Å². The van der Waals surface area contributed by atoms with Gasteiger partial charge in [-0.2, -0.15) is 0 Å². The van der Waals surface area contributed by atoms with Crippen LogP contribution in [0.2, 0.25) is 0 Å². The van der Waals surface area contributed by atoms with Gasteiger partial charge in [0.05, 0.1) is 12.0 Å². The molecule has 0 heterocycles. The Bertz CT molecular complexity index is 367. The highest BCUT2D eigenvalue weighted by Crippen LogP contribution is 2.48. The molecule has 1 fully saturated rings. The number of benzene rings is 1. The minimum Gasteiger partial charge on any atom is -0.481 e. The molecule has 0 aliphatic heterocycles. The molecule has 2 rings (SSSR count). The molecule has 74 valence electrons. The average Bonchev–Trinajstić information content (AvgIpc) is 2.98. The molecule has 0 amide bonds. The number of carboxylic acids is 1. The fourth-order valence-electron chi connectivity index (χ4n) is 1.72. The Kier molecular flexibility index (Phi) is 2.04. The summed E-state index contributed by atoms with van der Waals surface area (Å²) in [7, 11) is 0. The van der Waals surface area contributed by atoms with E-state index < -0.39 is 11.4 Å². The lowest BCUT2D eigenvalue weighted by molar-refractivity contribution is -0.140. The predicted octanol–water partition coefficient (Wildman–Crippen LogP) is 1.30. The van der Waals surface area contributed by atoms with Gasteiger partial charge in [0.15, 0.2) is 0 Å². The standard InChI is InChI=1S/C11H12O3/c12-7-8-2-1-3-9(6-8)11(4-5-11)10(13)14/h1-3,6,12H,4-5,7H2,(H,13,14). The summed E-state index contributed by atoms with van der Waals surface area (Å²) in [6, 6.07) is 7.19. The number of hydrogen-bond donors (Lipinski definition) is 2. The van der Waals surface area contributed by atoms with E-state index in [-0.39, 0.29) is 6.61 Å². The molecule has 0 bridgehead atoms. The maximum atomic E-state index is 11.0. The molecular weight excluding hydrogens is 180 g/mol. The zero-order valence-corrected chi connectivity index (χ0v) is 7.73. The lowest BCUT2D eigenvalue weighted by Crippen LogP contribution is -2.19. The highest BCUT2D eigenvalue weighted by molar-refractivity contribution is 5.84. The number of aliphatic hydroxyl groups excluding tert-OH is 1. The van der Waals surface area contributed by atoms with E-state index in [0.717, 1.165) is 11.1 Å². The third-order valence-electron chi connectivity index (χ3n) is 2.82. The van der Waals surface area contributed by atoms with Crippen LogP contribution in [0.25, 0.3) is 0 Å². The lowest BCUT2D eigenvalue weighted by Gasteiger charge is -2.10. The number of carbonyl (C=O) groups is 1. The highest BCUT2D eigenvalue weighted by atomic mass is 16.4. The molecule has 3 nitrogen and oxygen atoms in total. The van der Waals surface area contributed by atoms with Crippen molar-refractivity contribution in [1.82, 2.24) is 0 Å². The highest BCUT2D eigenvalue weighted by Gasteiger charge is 2.51. The van der Waals surface area contributed by atoms with Crippen LogP contribution in [0.15, 0.2) is 24.3 Å². The van der Waals surface area contributed by atoms with E-state index in [9.17, 15) is 4.79 Å². The van der Waals surface area contributed by atoms with Gasteiger partial charge in [0.25, 0.3) is 0 Å². The molecule has 0 atom stereocenters. The zero-order valence-electron chi connectivity index (χ0n) is 7.73. The molecular formula is C11H12O3. The second-order valence-corrected chi connectivity index (χ2v) is 3.75. The van der Waals surface area contributed by atoms with Crippen LogP contribution < -0.4 is 0 Å². The minimum atomic E-state index is -0.757. The Labute approximate surface area is 82.0 Å². The van der Waals surface area contributed by atoms with Crippen LogP contribution in [-0.4, -0.2) is 16.2 Å². The molecule has 1 aliphatic rings. The fraction of sp³-hybridized carbons (Fsp3) is 0.364. The van der Waals surface area contributed by atoms with E-state index in [2.05, 4.69) is 0 Å². The monoisotopic (exact) mass is 192 g/mol. The van der Waals surface area contributed by atoms with Gasteiger partial charge in [-0.3, -0.25) is 4.79 Å². The maximum absolute atomic E-state index is 11.0. The number of rotatable bonds is 3. The van der Waals surface area contributed by atoms with E-state index in [0.29, 0.717) is 12.8 Å². The van der Waals surface area contributed by atoms with Gasteiger partial charge in [-0.05, 0) is 24.0 Å². The smallest absolute Gasteiger partial charge is 0.314 e. The minimum absolute atomic E-state index is 0.0382. The number of aliphatic carboxylic acids is 1. The molecule has 1 aromatic carbocycles. The van der Waals surface area contributed by atoms with Crippen molar-refractivity contribution >= 4 is 5.97 Å². The van der Waals surface area contributed by atoms with Crippen molar-refractivity contribution in [2.75, 3.05) is 0 Å². The van der Waals surface area contributed by atoms with Gasteiger partial charge < -0.3 is 10.2 Å². The third-order valence-corrected chi connectivity index (χ3v) is 2.82. The van der Waals surface area contributed by atoms with Crippen molar-refractivity contribution in [2.45, 2.75) is 24.9 Å². The summed E-state index contributed by atoms with van der Waals surface area (Å²) in [5.74, 6) is -0.757. The van der Waals surface area contributed by atoms with Crippen molar-refractivity contribution in [3.63, 3.8) is 0 Å². The van der Waals surface area contributed by atoms with Gasteiger partial charge in [-0.15, -0.1) is 0 Å². The summed E-state index contributed by atoms with van der Waals surface area (Å²) in [6.07, 6.45) is 1.41. The summed E-state index contributed by atoms with van der Waals surface area (Å²) < 4.78 is 0. The van der Waals surface area contributed by atoms with E-state index in [1.54, 1.807) is 18.2 Å². The van der Waals surface area contributed by atoms with Gasteiger partial charge >= 0.3 is 5.97 Å². The Morgan fingerprint density at radius 3 is 2.64 bits per heavy atom. The van der Waals surface area contributed by atoms with E-state index in [1.165, 1.54) is 0 Å². The topological polar surface area (TPSA) is 57.5 Å². The van der Waals surface area contributed by atoms with Gasteiger partial charge in [-0.25, -0.2) is 0 Å². The van der Waals surface area contributed by atoms with Crippen LogP contribution in [0.4, 0.5) is 0 Å². The second kappa shape index (κ2) is 3.10. The molecule has 2 N–H and O–H groups in total. The van der Waals surface area contributed by atoms with Crippen LogP contribution in [-0.2, 0) is 16.8 Å². The fourth-order valence-corrected chi connectivity index (χ4v) is 1.72. The second-order valence-electron chi connectivity index (χ2n) is 3.75. The molecule has 0 unspecified atom stereocenters. The number of aliphatic hydroxyl groups is 1. The van der Waals surface area contributed by atoms with Gasteiger partial charge in [0.1, 0.15) is 0 Å². The van der Waals surface area contributed by atoms with Gasteiger partial charge in [0.2, 0.25) is 0 Å². The summed E-state index contributed by atoms with van der Waals surface area (Å²) in [4.78, 5) is 11.0. The molecule has 0 saturated heterocycles. The van der Waals surface area contributed by atoms with Gasteiger partial charge in [0, 0.05) is 0 Å². The SMILES string of the molecule is O=C(O)C1(c2cccc(CO)c2)CC1. The van der Waals surface area contributed by atoms with Crippen LogP contribution >= 0.6 is 0 Å². The molecule has 1 aliphatic carbocycles. The van der Waals surface area contributed by atoms with Crippen LogP contribution in [0, 0.1) is 0 Å². The Morgan fingerprint density at radius 2 is 2.14 bits per heavy atom. The largest absolute Gasteiger partial charge is 0.481 e. The number of carboxylic acid groups (broad SMARTS) is 1. The lowest BCUT2D eigenvalue weighted by atomic mass is 9.95. The first kappa shape index (κ1) is 9.21. The third kappa shape index (κ3) is 1.30. The average molecular weight is 192 g/mol. The summed E-state index contributed by atoms with van der Waals surface area (Å²) in [6.45, 7) is -0.0382. The first-order valence-electron chi connectivity index (χ1n) is 4.63. The number of hydrogen-bond acceptors (Lipinski definition) is 2. The molecule has 1 aromatic rings. The van der Waals surface area contributed by atoms with E-state index in [4.69, 9.17) is 10.2 Å².